The van der Waals surface area contributed by atoms with Crippen LogP contribution in [0.25, 0.3) is 0 Å². The molecule has 0 aliphatic rings. The molecule has 7 nitrogen and oxygen atoms in total. The van der Waals surface area contributed by atoms with Crippen LogP contribution >= 0.6 is 11.6 Å². The summed E-state index contributed by atoms with van der Waals surface area (Å²) in [6.45, 7) is 10.8. The van der Waals surface area contributed by atoms with Gasteiger partial charge < -0.3 is 10.2 Å². The maximum absolute atomic E-state index is 14.1. The van der Waals surface area contributed by atoms with Gasteiger partial charge in [-0.2, -0.15) is 0 Å². The summed E-state index contributed by atoms with van der Waals surface area (Å²) in [6.07, 6.45) is 0.343. The summed E-state index contributed by atoms with van der Waals surface area (Å²) in [5.74, 6) is -0.799. The molecular weight excluding hydrogens is 546 g/mol. The quantitative estimate of drug-likeness (QED) is 0.323. The first-order valence-electron chi connectivity index (χ1n) is 13.2. The zero-order valence-corrected chi connectivity index (χ0v) is 25.5. The lowest BCUT2D eigenvalue weighted by Crippen LogP contribution is -2.55. The molecule has 0 aliphatic heterocycles. The molecule has 0 unspecified atom stereocenters. The number of sulfonamides is 1. The van der Waals surface area contributed by atoms with Crippen LogP contribution in [0.15, 0.2) is 77.7 Å². The second kappa shape index (κ2) is 12.9. The number of nitrogens with one attached hydrogen (secondary N) is 1. The minimum absolute atomic E-state index is 0.0737. The number of amides is 2. The van der Waals surface area contributed by atoms with E-state index in [0.717, 1.165) is 15.4 Å². The van der Waals surface area contributed by atoms with Crippen LogP contribution in [0, 0.1) is 13.8 Å². The molecule has 0 fully saturated rings. The van der Waals surface area contributed by atoms with Crippen molar-refractivity contribution in [1.82, 2.24) is 10.2 Å². The molecular formula is C31H38ClN3O4S. The molecule has 0 aromatic heterocycles. The summed E-state index contributed by atoms with van der Waals surface area (Å²) < 4.78 is 29.0. The lowest BCUT2D eigenvalue weighted by atomic mass is 10.1. The molecule has 1 atom stereocenters. The van der Waals surface area contributed by atoms with Gasteiger partial charge in [0.2, 0.25) is 11.8 Å². The minimum Gasteiger partial charge on any atom is -0.350 e. The van der Waals surface area contributed by atoms with Crippen molar-refractivity contribution in [2.24, 2.45) is 0 Å². The van der Waals surface area contributed by atoms with E-state index in [2.05, 4.69) is 5.32 Å². The van der Waals surface area contributed by atoms with E-state index in [9.17, 15) is 18.0 Å². The Balaban J connectivity index is 2.09. The van der Waals surface area contributed by atoms with Gasteiger partial charge in [-0.15, -0.1) is 0 Å². The maximum atomic E-state index is 14.1. The van der Waals surface area contributed by atoms with Crippen molar-refractivity contribution in [3.63, 3.8) is 0 Å². The second-order valence-corrected chi connectivity index (χ2v) is 13.2. The van der Waals surface area contributed by atoms with E-state index in [4.69, 9.17) is 11.6 Å². The molecule has 0 radical (unpaired) electrons. The molecule has 214 valence electrons. The smallest absolute Gasteiger partial charge is 0.264 e. The van der Waals surface area contributed by atoms with Crippen molar-refractivity contribution >= 4 is 39.1 Å². The molecule has 3 aromatic rings. The van der Waals surface area contributed by atoms with Gasteiger partial charge in [0.25, 0.3) is 10.0 Å². The summed E-state index contributed by atoms with van der Waals surface area (Å²) in [4.78, 5) is 29.1. The summed E-state index contributed by atoms with van der Waals surface area (Å²) in [5.41, 5.74) is 2.35. The first kappa shape index (κ1) is 31.2. The highest BCUT2D eigenvalue weighted by molar-refractivity contribution is 7.92. The number of carbonyl (C=O) groups is 2. The van der Waals surface area contributed by atoms with Crippen molar-refractivity contribution in [3.05, 3.63) is 94.5 Å². The average Bonchev–Trinajstić information content (AvgIpc) is 2.88. The molecule has 0 bridgehead atoms. The van der Waals surface area contributed by atoms with E-state index in [1.54, 1.807) is 48.5 Å². The van der Waals surface area contributed by atoms with E-state index in [0.29, 0.717) is 22.7 Å². The van der Waals surface area contributed by atoms with Crippen molar-refractivity contribution < 1.29 is 18.0 Å². The van der Waals surface area contributed by atoms with Gasteiger partial charge >= 0.3 is 0 Å². The number of benzene rings is 3. The van der Waals surface area contributed by atoms with Crippen LogP contribution in [-0.2, 0) is 26.2 Å². The molecule has 3 aromatic carbocycles. The van der Waals surface area contributed by atoms with E-state index in [1.165, 1.54) is 17.0 Å². The Hall–Kier alpha value is -3.36. The molecule has 0 saturated heterocycles. The van der Waals surface area contributed by atoms with Crippen molar-refractivity contribution in [2.45, 2.75) is 71.0 Å². The molecule has 1 N–H and O–H groups in total. The molecule has 3 rings (SSSR count). The van der Waals surface area contributed by atoms with Crippen molar-refractivity contribution in [3.8, 4) is 0 Å². The molecule has 0 saturated carbocycles. The second-order valence-electron chi connectivity index (χ2n) is 10.9. The SMILES string of the molecule is CC[C@H](C(=O)NC(C)(C)C)N(Cc1ccc(Cl)cc1)C(=O)CN(c1ccc(C)cc1C)S(=O)(=O)c1ccccc1. The number of anilines is 1. The molecule has 0 spiro atoms. The van der Waals surface area contributed by atoms with Gasteiger partial charge in [-0.1, -0.05) is 66.6 Å². The highest BCUT2D eigenvalue weighted by Gasteiger charge is 2.35. The number of hydrogen-bond acceptors (Lipinski definition) is 4. The predicted octanol–water partition coefficient (Wildman–Crippen LogP) is 5.87. The Bertz CT molecular complexity index is 1440. The fourth-order valence-corrected chi connectivity index (χ4v) is 6.10. The first-order valence-corrected chi connectivity index (χ1v) is 15.1. The third-order valence-corrected chi connectivity index (χ3v) is 8.41. The Labute approximate surface area is 243 Å². The molecule has 2 amide bonds. The predicted molar refractivity (Wildman–Crippen MR) is 161 cm³/mol. The van der Waals surface area contributed by atoms with Crippen LogP contribution in [0.3, 0.4) is 0 Å². The van der Waals surface area contributed by atoms with E-state index >= 15 is 0 Å². The van der Waals surface area contributed by atoms with Crippen LogP contribution < -0.4 is 9.62 Å². The van der Waals surface area contributed by atoms with Gasteiger partial charge in [0, 0.05) is 17.1 Å². The molecule has 0 aliphatic carbocycles. The zero-order chi connectivity index (χ0) is 29.7. The third kappa shape index (κ3) is 7.86. The summed E-state index contributed by atoms with van der Waals surface area (Å²) >= 11 is 6.08. The third-order valence-electron chi connectivity index (χ3n) is 6.38. The minimum atomic E-state index is -4.11. The molecule has 40 heavy (non-hydrogen) atoms. The zero-order valence-electron chi connectivity index (χ0n) is 23.9. The van der Waals surface area contributed by atoms with Gasteiger partial charge in [-0.05, 0) is 82.5 Å². The Morgan fingerprint density at radius 2 is 1.57 bits per heavy atom. The van der Waals surface area contributed by atoms with Crippen LogP contribution in [0.4, 0.5) is 5.69 Å². The summed E-state index contributed by atoms with van der Waals surface area (Å²) in [7, 11) is -4.11. The molecule has 0 heterocycles. The van der Waals surface area contributed by atoms with Gasteiger partial charge in [-0.3, -0.25) is 13.9 Å². The van der Waals surface area contributed by atoms with Crippen molar-refractivity contribution in [2.75, 3.05) is 10.8 Å². The summed E-state index contributed by atoms with van der Waals surface area (Å²) in [6, 6.07) is 19.7. The van der Waals surface area contributed by atoms with E-state index in [1.807, 2.05) is 53.7 Å². The van der Waals surface area contributed by atoms with Crippen LogP contribution in [0.1, 0.15) is 50.8 Å². The maximum Gasteiger partial charge on any atom is 0.264 e. The number of carbonyl (C=O) groups excluding carboxylic acids is 2. The summed E-state index contributed by atoms with van der Waals surface area (Å²) in [5, 5.41) is 3.52. The first-order chi connectivity index (χ1) is 18.7. The van der Waals surface area contributed by atoms with Crippen molar-refractivity contribution in [1.29, 1.82) is 0 Å². The fourth-order valence-electron chi connectivity index (χ4n) is 4.48. The van der Waals surface area contributed by atoms with Gasteiger partial charge in [0.05, 0.1) is 10.6 Å². The van der Waals surface area contributed by atoms with Crippen LogP contribution in [-0.4, -0.2) is 43.3 Å². The average molecular weight is 584 g/mol. The van der Waals surface area contributed by atoms with Crippen LogP contribution in [0.5, 0.6) is 0 Å². The fraction of sp³-hybridized carbons (Fsp3) is 0.355. The Kier molecular flexibility index (Phi) is 10.0. The normalized spacial score (nSPS) is 12.5. The Morgan fingerprint density at radius 3 is 2.12 bits per heavy atom. The highest BCUT2D eigenvalue weighted by atomic mass is 35.5. The number of halogens is 1. The van der Waals surface area contributed by atoms with E-state index in [-0.39, 0.29) is 17.3 Å². The van der Waals surface area contributed by atoms with Gasteiger partial charge in [-0.25, -0.2) is 8.42 Å². The topological polar surface area (TPSA) is 86.8 Å². The largest absolute Gasteiger partial charge is 0.350 e. The monoisotopic (exact) mass is 583 g/mol. The standard InChI is InChI=1S/C31H38ClN3O4S/c1-7-27(30(37)33-31(4,5)6)34(20-24-14-16-25(32)17-15-24)29(36)21-35(28-18-13-22(2)19-23(28)3)40(38,39)26-11-9-8-10-12-26/h8-19,27H,7,20-21H2,1-6H3,(H,33,37)/t27-/m1/s1. The Morgan fingerprint density at radius 1 is 0.950 bits per heavy atom. The lowest BCUT2D eigenvalue weighted by molar-refractivity contribution is -0.141. The number of nitrogens with zero attached hydrogens (tertiary/aromatic N) is 2. The number of hydrogen-bond donors (Lipinski definition) is 1. The van der Waals surface area contributed by atoms with E-state index < -0.39 is 34.1 Å². The lowest BCUT2D eigenvalue weighted by Gasteiger charge is -2.35. The number of aryl methyl sites for hydroxylation is 2. The van der Waals surface area contributed by atoms with Gasteiger partial charge in [0.15, 0.2) is 0 Å². The highest BCUT2D eigenvalue weighted by Crippen LogP contribution is 2.28. The van der Waals surface area contributed by atoms with Crippen LogP contribution in [0.2, 0.25) is 5.02 Å². The van der Waals surface area contributed by atoms with Gasteiger partial charge in [0.1, 0.15) is 12.6 Å². The number of rotatable bonds is 10. The molecule has 9 heteroatoms.